The van der Waals surface area contributed by atoms with E-state index < -0.39 is 0 Å². The molecule has 0 saturated carbocycles. The van der Waals surface area contributed by atoms with Crippen molar-refractivity contribution in [1.82, 2.24) is 20.5 Å². The van der Waals surface area contributed by atoms with E-state index in [1.165, 1.54) is 4.88 Å². The van der Waals surface area contributed by atoms with E-state index in [0.29, 0.717) is 12.1 Å². The summed E-state index contributed by atoms with van der Waals surface area (Å²) in [7, 11) is 1.81. The molecule has 2 rings (SSSR count). The fraction of sp³-hybridized carbons (Fsp3) is 0.750. The fourth-order valence-corrected chi connectivity index (χ4v) is 3.76. The zero-order valence-corrected chi connectivity index (χ0v) is 15.7. The number of aliphatic imine (C=N–C) groups is 1. The van der Waals surface area contributed by atoms with E-state index in [2.05, 4.69) is 46.3 Å². The van der Waals surface area contributed by atoms with Gasteiger partial charge in [-0.05, 0) is 27.7 Å². The topological polar surface area (TPSA) is 61.8 Å². The smallest absolute Gasteiger partial charge is 0.191 e. The molecule has 6 nitrogen and oxygen atoms in total. The minimum Gasteiger partial charge on any atom is -0.379 e. The molecule has 0 radical (unpaired) electrons. The quantitative estimate of drug-likeness (QED) is 0.629. The number of rotatable bonds is 5. The first kappa shape index (κ1) is 18.2. The zero-order chi connectivity index (χ0) is 16.8. The van der Waals surface area contributed by atoms with Gasteiger partial charge in [0.05, 0.1) is 30.5 Å². The van der Waals surface area contributed by atoms with E-state index >= 15 is 0 Å². The first-order chi connectivity index (χ1) is 11.0. The van der Waals surface area contributed by atoms with Crippen molar-refractivity contribution in [1.29, 1.82) is 0 Å². The lowest BCUT2D eigenvalue weighted by Crippen LogP contribution is -2.52. The number of nitrogens with one attached hydrogen (secondary N) is 2. The average molecular weight is 340 g/mol. The van der Waals surface area contributed by atoms with Gasteiger partial charge >= 0.3 is 0 Å². The Morgan fingerprint density at radius 2 is 2.26 bits per heavy atom. The number of aromatic nitrogens is 1. The van der Waals surface area contributed by atoms with Gasteiger partial charge in [-0.2, -0.15) is 0 Å². The van der Waals surface area contributed by atoms with Crippen molar-refractivity contribution >= 4 is 17.3 Å². The molecular weight excluding hydrogens is 310 g/mol. The fourth-order valence-electron chi connectivity index (χ4n) is 2.88. The molecule has 130 valence electrons. The van der Waals surface area contributed by atoms with Crippen molar-refractivity contribution in [2.45, 2.75) is 46.3 Å². The molecule has 2 atom stereocenters. The van der Waals surface area contributed by atoms with E-state index in [1.54, 1.807) is 11.3 Å². The molecule has 0 aliphatic carbocycles. The van der Waals surface area contributed by atoms with Gasteiger partial charge in [-0.1, -0.05) is 0 Å². The van der Waals surface area contributed by atoms with Crippen LogP contribution in [0.2, 0.25) is 0 Å². The third-order valence-corrected chi connectivity index (χ3v) is 5.26. The predicted octanol–water partition coefficient (Wildman–Crippen LogP) is 1.53. The molecule has 0 amide bonds. The number of thiazole rings is 1. The van der Waals surface area contributed by atoms with Crippen molar-refractivity contribution < 1.29 is 4.74 Å². The van der Waals surface area contributed by atoms with Crippen LogP contribution in [0.25, 0.3) is 0 Å². The SMILES string of the molecule is CN=C(NCc1sc(C)nc1C)NCC(C)N1CCOCC1C. The summed E-state index contributed by atoms with van der Waals surface area (Å²) >= 11 is 1.74. The molecule has 2 heterocycles. The Labute approximate surface area is 143 Å². The highest BCUT2D eigenvalue weighted by atomic mass is 32.1. The summed E-state index contributed by atoms with van der Waals surface area (Å²) in [5.74, 6) is 0.836. The Morgan fingerprint density at radius 3 is 2.87 bits per heavy atom. The molecule has 0 spiro atoms. The maximum absolute atomic E-state index is 5.51. The van der Waals surface area contributed by atoms with Gasteiger partial charge in [-0.25, -0.2) is 4.98 Å². The van der Waals surface area contributed by atoms with E-state index in [-0.39, 0.29) is 0 Å². The van der Waals surface area contributed by atoms with E-state index in [4.69, 9.17) is 4.74 Å². The van der Waals surface area contributed by atoms with Crippen LogP contribution in [0, 0.1) is 13.8 Å². The molecule has 0 aromatic carbocycles. The second-order valence-electron chi connectivity index (χ2n) is 6.06. The Morgan fingerprint density at radius 1 is 1.48 bits per heavy atom. The van der Waals surface area contributed by atoms with Crippen LogP contribution >= 0.6 is 11.3 Å². The molecule has 7 heteroatoms. The van der Waals surface area contributed by atoms with Gasteiger partial charge in [0.15, 0.2) is 5.96 Å². The number of morpholine rings is 1. The number of nitrogens with zero attached hydrogens (tertiary/aromatic N) is 3. The molecular formula is C16H29N5OS. The molecule has 1 aromatic heterocycles. The summed E-state index contributed by atoms with van der Waals surface area (Å²) in [5, 5.41) is 7.91. The van der Waals surface area contributed by atoms with Crippen LogP contribution in [0.3, 0.4) is 0 Å². The van der Waals surface area contributed by atoms with E-state index in [9.17, 15) is 0 Å². The third kappa shape index (κ3) is 5.16. The number of aryl methyl sites for hydroxylation is 2. The third-order valence-electron chi connectivity index (χ3n) is 4.19. The number of ether oxygens (including phenoxy) is 1. The van der Waals surface area contributed by atoms with Gasteiger partial charge in [-0.3, -0.25) is 9.89 Å². The Kier molecular flexibility index (Phi) is 6.80. The van der Waals surface area contributed by atoms with Crippen LogP contribution < -0.4 is 10.6 Å². The van der Waals surface area contributed by atoms with E-state index in [0.717, 1.165) is 49.5 Å². The monoisotopic (exact) mass is 339 g/mol. The first-order valence-electron chi connectivity index (χ1n) is 8.22. The van der Waals surface area contributed by atoms with Crippen molar-refractivity contribution in [2.75, 3.05) is 33.4 Å². The van der Waals surface area contributed by atoms with Crippen molar-refractivity contribution in [3.63, 3.8) is 0 Å². The number of hydrogen-bond donors (Lipinski definition) is 2. The normalized spacial score (nSPS) is 21.3. The van der Waals surface area contributed by atoms with Gasteiger partial charge in [-0.15, -0.1) is 11.3 Å². The molecule has 2 N–H and O–H groups in total. The molecule has 1 saturated heterocycles. The van der Waals surface area contributed by atoms with E-state index in [1.807, 2.05) is 14.0 Å². The summed E-state index contributed by atoms with van der Waals surface area (Å²) in [6, 6.07) is 0.915. The lowest BCUT2D eigenvalue weighted by molar-refractivity contribution is -0.0174. The summed E-state index contributed by atoms with van der Waals surface area (Å²) < 4.78 is 5.51. The molecule has 0 bridgehead atoms. The minimum atomic E-state index is 0.444. The van der Waals surface area contributed by atoms with Gasteiger partial charge in [0.2, 0.25) is 0 Å². The van der Waals surface area contributed by atoms with Crippen LogP contribution in [-0.2, 0) is 11.3 Å². The molecule has 1 aliphatic heterocycles. The highest BCUT2D eigenvalue weighted by Crippen LogP contribution is 2.16. The average Bonchev–Trinajstić information content (AvgIpc) is 2.85. The number of hydrogen-bond acceptors (Lipinski definition) is 5. The summed E-state index contributed by atoms with van der Waals surface area (Å²) in [6.45, 7) is 12.8. The Bertz CT molecular complexity index is 531. The second kappa shape index (κ2) is 8.61. The lowest BCUT2D eigenvalue weighted by Gasteiger charge is -2.38. The highest BCUT2D eigenvalue weighted by Gasteiger charge is 2.23. The molecule has 1 aromatic rings. The van der Waals surface area contributed by atoms with Gasteiger partial charge in [0.25, 0.3) is 0 Å². The first-order valence-corrected chi connectivity index (χ1v) is 9.03. The highest BCUT2D eigenvalue weighted by molar-refractivity contribution is 7.11. The predicted molar refractivity (Wildman–Crippen MR) is 96.2 cm³/mol. The molecule has 23 heavy (non-hydrogen) atoms. The summed E-state index contributed by atoms with van der Waals surface area (Å²) in [6.07, 6.45) is 0. The molecule has 2 unspecified atom stereocenters. The van der Waals surface area contributed by atoms with Gasteiger partial charge < -0.3 is 15.4 Å². The van der Waals surface area contributed by atoms with Crippen LogP contribution in [-0.4, -0.2) is 61.3 Å². The molecule has 1 fully saturated rings. The zero-order valence-electron chi connectivity index (χ0n) is 14.8. The van der Waals surface area contributed by atoms with Crippen molar-refractivity contribution in [3.05, 3.63) is 15.6 Å². The van der Waals surface area contributed by atoms with Crippen molar-refractivity contribution in [2.24, 2.45) is 4.99 Å². The minimum absolute atomic E-state index is 0.444. The standard InChI is InChI=1S/C16H29N5OS/c1-11(21-6-7-22-10-12(21)2)8-18-16(17-5)19-9-15-13(3)20-14(4)23-15/h11-12H,6-10H2,1-5H3,(H2,17,18,19). The van der Waals surface area contributed by atoms with Crippen LogP contribution in [0.4, 0.5) is 0 Å². The Balaban J connectivity index is 1.79. The maximum atomic E-state index is 5.51. The lowest BCUT2D eigenvalue weighted by atomic mass is 10.2. The van der Waals surface area contributed by atoms with Crippen LogP contribution in [0.5, 0.6) is 0 Å². The maximum Gasteiger partial charge on any atom is 0.191 e. The van der Waals surface area contributed by atoms with Crippen molar-refractivity contribution in [3.8, 4) is 0 Å². The second-order valence-corrected chi connectivity index (χ2v) is 7.35. The largest absolute Gasteiger partial charge is 0.379 e. The van der Waals surface area contributed by atoms with Gasteiger partial charge in [0.1, 0.15) is 0 Å². The number of guanidine groups is 1. The summed E-state index contributed by atoms with van der Waals surface area (Å²) in [5.41, 5.74) is 1.10. The van der Waals surface area contributed by atoms with Gasteiger partial charge in [0, 0.05) is 37.1 Å². The Hall–Kier alpha value is -1.18. The summed E-state index contributed by atoms with van der Waals surface area (Å²) in [4.78, 5) is 12.5. The van der Waals surface area contributed by atoms with Crippen LogP contribution in [0.1, 0.15) is 29.4 Å². The molecule has 1 aliphatic rings. The van der Waals surface area contributed by atoms with Crippen LogP contribution in [0.15, 0.2) is 4.99 Å².